The quantitative estimate of drug-likeness (QED) is 0.148. The van der Waals surface area contributed by atoms with Crippen LogP contribution >= 0.6 is 15.8 Å². The Morgan fingerprint density at radius 3 is 1.26 bits per heavy atom. The third-order valence-corrected chi connectivity index (χ3v) is 16.3. The van der Waals surface area contributed by atoms with Gasteiger partial charge in [-0.25, -0.2) is 0 Å². The van der Waals surface area contributed by atoms with Gasteiger partial charge in [-0.3, -0.25) is 0 Å². The fraction of sp³-hybridized carbons (Fsp3) is 0.409. The van der Waals surface area contributed by atoms with Crippen molar-refractivity contribution in [3.8, 4) is 0 Å². The molecule has 53 heavy (non-hydrogen) atoms. The van der Waals surface area contributed by atoms with Crippen molar-refractivity contribution in [2.75, 3.05) is 0 Å². The molecule has 5 fully saturated rings. The molecule has 0 bridgehead atoms. The van der Waals surface area contributed by atoms with Crippen molar-refractivity contribution in [3.63, 3.8) is 0 Å². The van der Waals surface area contributed by atoms with Crippen LogP contribution in [0.5, 0.6) is 0 Å². The molecule has 0 aromatic heterocycles. The topological polar surface area (TPSA) is 0 Å². The van der Waals surface area contributed by atoms with Gasteiger partial charge in [0.15, 0.2) is 0 Å². The normalized spacial score (nSPS) is 21.3. The zero-order valence-electron chi connectivity index (χ0n) is 31.0. The van der Waals surface area contributed by atoms with E-state index in [1.54, 1.807) is 11.6 Å². The van der Waals surface area contributed by atoms with Gasteiger partial charge in [0, 0.05) is 25.1 Å². The predicted octanol–water partition coefficient (Wildman–Crippen LogP) is 13.1. The molecule has 5 aliphatic carbocycles. The molecule has 0 amide bonds. The number of hydrogen-bond donors (Lipinski definition) is 0. The van der Waals surface area contributed by atoms with Crippen molar-refractivity contribution >= 4 is 33.7 Å². The molecule has 9 heteroatoms. The van der Waals surface area contributed by atoms with Crippen LogP contribution in [0.4, 0.5) is 17.3 Å². The van der Waals surface area contributed by atoms with Crippen molar-refractivity contribution in [3.05, 3.63) is 149 Å². The van der Waals surface area contributed by atoms with Gasteiger partial charge in [0.25, 0.3) is 0 Å². The Hall–Kier alpha value is 0.228. The second-order valence-electron chi connectivity index (χ2n) is 13.6. The zero-order valence-corrected chi connectivity index (χ0v) is 35.5. The molecule has 0 heterocycles. The maximum Gasteiger partial charge on any atom is 2.00 e. The van der Waals surface area contributed by atoms with E-state index in [4.69, 9.17) is 0 Å². The first-order valence-electron chi connectivity index (χ1n) is 19.1. The van der Waals surface area contributed by atoms with E-state index in [1.807, 2.05) is 32.1 Å². The molecule has 5 saturated carbocycles. The Morgan fingerprint density at radius 1 is 0.547 bits per heavy atom. The third kappa shape index (κ3) is 19.0. The standard InChI is InChI=1S/C31H39P2.C8H12.C5H5.BF4.Fe.Rh/c1-25(32(26-15-6-2-7-16-26)27-17-8-3-9-18-27)30-23-14-24-31(30)33(28-19-10-4-11-20-28)29-21-12-5-13-22-29;1-2-4-6-8-7-5-3-1;1-2-4-5-3-1;2-1(3,4)5;;/h4-5,10-14,19-27H,2-3,6-9,15-18H2,1H3;1-2,7-8H,3-6H2;1-5H;;;/q;;;-1;+2;/t25-;;;;;/m1...../s1. The Morgan fingerprint density at radius 2 is 0.906 bits per heavy atom. The maximum absolute atomic E-state index is 9.75. The minimum absolute atomic E-state index is 0. The average molecular weight is 892 g/mol. The van der Waals surface area contributed by atoms with E-state index in [0.717, 1.165) is 11.3 Å². The minimum Gasteiger partial charge on any atom is -0.418 e. The van der Waals surface area contributed by atoms with Crippen LogP contribution in [0.1, 0.15) is 96.8 Å². The summed E-state index contributed by atoms with van der Waals surface area (Å²) < 4.78 is 39.0. The maximum atomic E-state index is 9.75. The van der Waals surface area contributed by atoms with Gasteiger partial charge in [-0.1, -0.05) is 114 Å². The fourth-order valence-corrected chi connectivity index (χ4v) is 14.6. The van der Waals surface area contributed by atoms with Crippen LogP contribution in [0.2, 0.25) is 0 Å². The number of halogens is 4. The van der Waals surface area contributed by atoms with E-state index in [9.17, 15) is 17.3 Å². The average Bonchev–Trinajstić information content (AvgIpc) is 3.87. The molecule has 5 aliphatic rings. The second-order valence-corrected chi connectivity index (χ2v) is 18.9. The van der Waals surface area contributed by atoms with E-state index in [1.165, 1.54) is 101 Å². The summed E-state index contributed by atoms with van der Waals surface area (Å²) in [7, 11) is -6.49. The van der Waals surface area contributed by atoms with E-state index in [-0.39, 0.29) is 44.5 Å². The van der Waals surface area contributed by atoms with Crippen molar-refractivity contribution in [1.82, 2.24) is 0 Å². The minimum atomic E-state index is -6.00. The molecule has 0 aliphatic heterocycles. The molecular weight excluding hydrogens is 836 g/mol. The molecule has 15 radical (unpaired) electrons. The van der Waals surface area contributed by atoms with E-state index < -0.39 is 15.2 Å². The van der Waals surface area contributed by atoms with Gasteiger partial charge in [0.1, 0.15) is 0 Å². The van der Waals surface area contributed by atoms with Gasteiger partial charge in [0.2, 0.25) is 0 Å². The molecule has 0 N–H and O–H groups in total. The molecule has 0 spiro atoms. The van der Waals surface area contributed by atoms with Gasteiger partial charge in [0.05, 0.1) is 0 Å². The van der Waals surface area contributed by atoms with Crippen LogP contribution in [0.25, 0.3) is 0 Å². The SMILES string of the molecule is C[C@H]([C]1[CH][CH][CH][C]1P(c1ccccc1)c1ccccc1)P(C1CCCCC1)C1CCCCC1.F[B-](F)(F)F.[CH]1[CH]CC[CH][CH]CC1.[CH]1[CH][CH][CH][CH]1.[Fe+2].[Rh]. The largest absolute Gasteiger partial charge is 2.00 e. The van der Waals surface area contributed by atoms with Crippen LogP contribution in [0.15, 0.2) is 60.7 Å². The van der Waals surface area contributed by atoms with Gasteiger partial charge in [-0.15, -0.1) is 0 Å². The van der Waals surface area contributed by atoms with Crippen LogP contribution in [-0.4, -0.2) is 24.2 Å². The number of rotatable bonds is 7. The van der Waals surface area contributed by atoms with Crippen molar-refractivity contribution in [1.29, 1.82) is 0 Å². The Kier molecular flexibility index (Phi) is 26.6. The molecule has 289 valence electrons. The summed E-state index contributed by atoms with van der Waals surface area (Å²) in [4.78, 5) is 0. The van der Waals surface area contributed by atoms with Crippen LogP contribution in [0.3, 0.4) is 0 Å². The molecule has 0 saturated heterocycles. The summed E-state index contributed by atoms with van der Waals surface area (Å²) in [5, 5.41) is 2.97. The molecule has 2 aromatic rings. The van der Waals surface area contributed by atoms with Crippen molar-refractivity contribution < 1.29 is 53.8 Å². The molecular formula is C44H56BF4FeP2Rh+. The van der Waals surface area contributed by atoms with Crippen molar-refractivity contribution in [2.24, 2.45) is 0 Å². The summed E-state index contributed by atoms with van der Waals surface area (Å²) in [6.45, 7) is 2.62. The summed E-state index contributed by atoms with van der Waals surface area (Å²) in [6, 6.07) is 22.6. The first-order chi connectivity index (χ1) is 24.8. The Labute approximate surface area is 348 Å². The molecule has 2 aromatic carbocycles. The van der Waals surface area contributed by atoms with Crippen molar-refractivity contribution in [2.45, 2.75) is 114 Å². The fourth-order valence-electron chi connectivity index (χ4n) is 7.59. The Balaban J connectivity index is 0.000000399. The van der Waals surface area contributed by atoms with Crippen LogP contribution < -0.4 is 10.6 Å². The third-order valence-electron chi connectivity index (χ3n) is 9.87. The molecule has 1 atom stereocenters. The summed E-state index contributed by atoms with van der Waals surface area (Å²) in [5.41, 5.74) is 4.33. The first-order valence-corrected chi connectivity index (χ1v) is 22.0. The summed E-state index contributed by atoms with van der Waals surface area (Å²) in [6.07, 6.45) is 46.1. The summed E-state index contributed by atoms with van der Waals surface area (Å²) >= 11 is 0. The van der Waals surface area contributed by atoms with Gasteiger partial charge in [-0.05, 0) is 170 Å². The van der Waals surface area contributed by atoms with Crippen LogP contribution in [-0.2, 0) is 36.5 Å². The second kappa shape index (κ2) is 28.6. The number of hydrogen-bond acceptors (Lipinski definition) is 0. The Bertz CT molecular complexity index is 1050. The molecule has 0 nitrogen and oxygen atoms in total. The first kappa shape index (κ1) is 49.4. The van der Waals surface area contributed by atoms with Gasteiger partial charge >= 0.3 is 24.3 Å². The monoisotopic (exact) mass is 892 g/mol. The van der Waals surface area contributed by atoms with E-state index in [2.05, 4.69) is 113 Å². The smallest absolute Gasteiger partial charge is 0.418 e. The van der Waals surface area contributed by atoms with Gasteiger partial charge in [-0.2, -0.15) is 0 Å². The zero-order chi connectivity index (χ0) is 36.2. The van der Waals surface area contributed by atoms with Gasteiger partial charge < -0.3 is 17.3 Å². The van der Waals surface area contributed by atoms with E-state index in [0.29, 0.717) is 5.66 Å². The number of benzene rings is 2. The molecule has 7 rings (SSSR count). The van der Waals surface area contributed by atoms with Crippen LogP contribution in [0, 0.1) is 88.6 Å². The summed E-state index contributed by atoms with van der Waals surface area (Å²) in [5.74, 6) is 1.68. The predicted molar refractivity (Wildman–Crippen MR) is 216 cm³/mol. The molecule has 0 unspecified atom stereocenters. The van der Waals surface area contributed by atoms with E-state index >= 15 is 0 Å².